The maximum atomic E-state index is 14.7. The minimum atomic E-state index is -4.92. The molecule has 0 amide bonds. The molecule has 0 spiro atoms. The summed E-state index contributed by atoms with van der Waals surface area (Å²) in [6, 6.07) is 3.31. The summed E-state index contributed by atoms with van der Waals surface area (Å²) in [6.07, 6.45) is 7.13. The highest BCUT2D eigenvalue weighted by atomic mass is 19.4. The second kappa shape index (κ2) is 12.6. The van der Waals surface area contributed by atoms with Crippen LogP contribution in [0.4, 0.5) is 26.3 Å². The number of benzene rings is 2. The summed E-state index contributed by atoms with van der Waals surface area (Å²) in [7, 11) is 0. The second-order valence-corrected chi connectivity index (χ2v) is 10.3. The molecule has 0 aromatic heterocycles. The first kappa shape index (κ1) is 28.5. The SMILES string of the molecule is CCCCCC1COC(C2CCC(/C=C/c3cc(F)c4c(F)c(C#CC(F)(F)F)c(F)cc4c3)CC2)OC1. The number of rotatable bonds is 7. The molecule has 1 heterocycles. The van der Waals surface area contributed by atoms with E-state index in [0.29, 0.717) is 17.4 Å². The lowest BCUT2D eigenvalue weighted by Crippen LogP contribution is -2.38. The molecule has 38 heavy (non-hydrogen) atoms. The van der Waals surface area contributed by atoms with Crippen molar-refractivity contribution in [2.24, 2.45) is 17.8 Å². The predicted molar refractivity (Wildman–Crippen MR) is 135 cm³/mol. The molecular formula is C30H32F6O2. The summed E-state index contributed by atoms with van der Waals surface area (Å²) < 4.78 is 92.8. The van der Waals surface area contributed by atoms with E-state index in [0.717, 1.165) is 63.4 Å². The smallest absolute Gasteiger partial charge is 0.352 e. The van der Waals surface area contributed by atoms with Gasteiger partial charge in [0.15, 0.2) is 12.1 Å². The van der Waals surface area contributed by atoms with E-state index in [1.54, 1.807) is 6.08 Å². The number of alkyl halides is 3. The zero-order valence-corrected chi connectivity index (χ0v) is 21.4. The molecular weight excluding hydrogens is 506 g/mol. The van der Waals surface area contributed by atoms with Crippen LogP contribution in [0.3, 0.4) is 0 Å². The van der Waals surface area contributed by atoms with E-state index in [1.807, 2.05) is 6.08 Å². The van der Waals surface area contributed by atoms with Crippen molar-refractivity contribution in [3.63, 3.8) is 0 Å². The van der Waals surface area contributed by atoms with Gasteiger partial charge in [0, 0.05) is 17.8 Å². The molecule has 0 unspecified atom stereocenters. The van der Waals surface area contributed by atoms with Crippen LogP contribution in [0.5, 0.6) is 0 Å². The van der Waals surface area contributed by atoms with Gasteiger partial charge in [-0.2, -0.15) is 13.2 Å². The summed E-state index contributed by atoms with van der Waals surface area (Å²) in [5.74, 6) is -0.353. The van der Waals surface area contributed by atoms with Crippen molar-refractivity contribution in [2.45, 2.75) is 70.8 Å². The highest BCUT2D eigenvalue weighted by molar-refractivity contribution is 5.87. The third-order valence-electron chi connectivity index (χ3n) is 7.40. The monoisotopic (exact) mass is 538 g/mol. The average Bonchev–Trinajstić information content (AvgIpc) is 2.87. The van der Waals surface area contributed by atoms with Crippen LogP contribution in [0.15, 0.2) is 24.3 Å². The molecule has 0 bridgehead atoms. The summed E-state index contributed by atoms with van der Waals surface area (Å²) in [5, 5.41) is -0.670. The van der Waals surface area contributed by atoms with Crippen LogP contribution in [0.25, 0.3) is 16.8 Å². The summed E-state index contributed by atoms with van der Waals surface area (Å²) in [4.78, 5) is 0. The van der Waals surface area contributed by atoms with Gasteiger partial charge in [-0.25, -0.2) is 13.2 Å². The lowest BCUT2D eigenvalue weighted by atomic mass is 9.81. The molecule has 1 aliphatic heterocycles. The lowest BCUT2D eigenvalue weighted by Gasteiger charge is -2.37. The zero-order valence-electron chi connectivity index (χ0n) is 21.4. The van der Waals surface area contributed by atoms with Crippen LogP contribution in [0.2, 0.25) is 0 Å². The molecule has 2 aromatic rings. The van der Waals surface area contributed by atoms with Gasteiger partial charge < -0.3 is 9.47 Å². The highest BCUT2D eigenvalue weighted by Crippen LogP contribution is 2.36. The van der Waals surface area contributed by atoms with Gasteiger partial charge in [-0.1, -0.05) is 44.3 Å². The van der Waals surface area contributed by atoms with Crippen molar-refractivity contribution in [2.75, 3.05) is 13.2 Å². The molecule has 2 aromatic carbocycles. The van der Waals surface area contributed by atoms with E-state index >= 15 is 0 Å². The van der Waals surface area contributed by atoms with Gasteiger partial charge in [-0.05, 0) is 67.2 Å². The minimum Gasteiger partial charge on any atom is -0.352 e. The first-order valence-electron chi connectivity index (χ1n) is 13.3. The van der Waals surface area contributed by atoms with Crippen molar-refractivity contribution in [1.82, 2.24) is 0 Å². The van der Waals surface area contributed by atoms with Crippen LogP contribution >= 0.6 is 0 Å². The van der Waals surface area contributed by atoms with Crippen LogP contribution in [-0.2, 0) is 9.47 Å². The van der Waals surface area contributed by atoms with Crippen molar-refractivity contribution in [1.29, 1.82) is 0 Å². The van der Waals surface area contributed by atoms with Crippen LogP contribution in [0.1, 0.15) is 69.4 Å². The van der Waals surface area contributed by atoms with Gasteiger partial charge in [0.2, 0.25) is 0 Å². The Morgan fingerprint density at radius 2 is 1.66 bits per heavy atom. The number of ether oxygens (including phenoxy) is 2. The first-order valence-corrected chi connectivity index (χ1v) is 13.3. The third kappa shape index (κ3) is 7.33. The topological polar surface area (TPSA) is 18.5 Å². The molecule has 0 radical (unpaired) electrons. The van der Waals surface area contributed by atoms with Gasteiger partial charge in [-0.3, -0.25) is 0 Å². The Morgan fingerprint density at radius 1 is 0.947 bits per heavy atom. The van der Waals surface area contributed by atoms with Crippen LogP contribution < -0.4 is 0 Å². The quantitative estimate of drug-likeness (QED) is 0.200. The van der Waals surface area contributed by atoms with E-state index in [9.17, 15) is 26.3 Å². The van der Waals surface area contributed by atoms with Gasteiger partial charge >= 0.3 is 6.18 Å². The van der Waals surface area contributed by atoms with Crippen molar-refractivity contribution in [3.8, 4) is 11.8 Å². The van der Waals surface area contributed by atoms with E-state index < -0.39 is 34.6 Å². The van der Waals surface area contributed by atoms with E-state index in [-0.39, 0.29) is 17.6 Å². The van der Waals surface area contributed by atoms with Gasteiger partial charge in [0.1, 0.15) is 11.6 Å². The minimum absolute atomic E-state index is 0.0829. The fraction of sp³-hybridized carbons (Fsp3) is 0.533. The van der Waals surface area contributed by atoms with E-state index in [2.05, 4.69) is 6.92 Å². The van der Waals surface area contributed by atoms with Crippen LogP contribution in [-0.4, -0.2) is 25.7 Å². The Balaban J connectivity index is 1.36. The number of unbranched alkanes of at least 4 members (excludes halogenated alkanes) is 2. The zero-order chi connectivity index (χ0) is 27.3. The maximum Gasteiger partial charge on any atom is 0.458 e. The Labute approximate surface area is 219 Å². The number of hydrogen-bond donors (Lipinski definition) is 0. The fourth-order valence-electron chi connectivity index (χ4n) is 5.31. The molecule has 1 saturated heterocycles. The molecule has 2 aliphatic rings. The normalized spacial score (nSPS) is 24.5. The number of hydrogen-bond acceptors (Lipinski definition) is 2. The maximum absolute atomic E-state index is 14.7. The summed E-state index contributed by atoms with van der Waals surface area (Å²) in [5.41, 5.74) is -0.690. The Bertz CT molecular complexity index is 1190. The molecule has 8 heteroatoms. The van der Waals surface area contributed by atoms with Crippen molar-refractivity contribution >= 4 is 16.8 Å². The van der Waals surface area contributed by atoms with E-state index in [4.69, 9.17) is 9.47 Å². The van der Waals surface area contributed by atoms with Gasteiger partial charge in [0.25, 0.3) is 0 Å². The lowest BCUT2D eigenvalue weighted by molar-refractivity contribution is -0.229. The average molecular weight is 539 g/mol. The molecule has 1 saturated carbocycles. The molecule has 2 fully saturated rings. The standard InChI is InChI=1S/C30H32F6O2/c1-2-3-4-5-21-17-37-29(38-18-21)22-10-8-19(9-11-22)6-7-20-14-23-16-25(31)24(12-13-30(34,35)36)28(33)27(23)26(32)15-20/h6-7,14-16,19,21-22,29H,2-5,8-11,17-18H2,1H3/b7-6+. The number of allylic oxidation sites excluding steroid dienone is 1. The summed E-state index contributed by atoms with van der Waals surface area (Å²) >= 11 is 0. The van der Waals surface area contributed by atoms with Gasteiger partial charge in [0.05, 0.1) is 24.2 Å². The van der Waals surface area contributed by atoms with Crippen LogP contribution in [0, 0.1) is 47.0 Å². The highest BCUT2D eigenvalue weighted by Gasteiger charge is 2.32. The fourth-order valence-corrected chi connectivity index (χ4v) is 5.31. The molecule has 1 aliphatic carbocycles. The predicted octanol–water partition coefficient (Wildman–Crippen LogP) is 8.56. The Hall–Kier alpha value is -2.50. The molecule has 206 valence electrons. The van der Waals surface area contributed by atoms with Gasteiger partial charge in [-0.15, -0.1) is 0 Å². The Kier molecular flexibility index (Phi) is 9.43. The first-order chi connectivity index (χ1) is 18.1. The molecule has 0 N–H and O–H groups in total. The van der Waals surface area contributed by atoms with E-state index in [1.165, 1.54) is 31.2 Å². The second-order valence-electron chi connectivity index (χ2n) is 10.3. The molecule has 4 rings (SSSR count). The number of fused-ring (bicyclic) bond motifs is 1. The van der Waals surface area contributed by atoms with Crippen molar-refractivity contribution < 1.29 is 35.8 Å². The molecule has 2 nitrogen and oxygen atoms in total. The largest absolute Gasteiger partial charge is 0.458 e. The Morgan fingerprint density at radius 3 is 2.32 bits per heavy atom. The number of halogens is 6. The van der Waals surface area contributed by atoms with Crippen molar-refractivity contribution in [3.05, 3.63) is 52.9 Å². The molecule has 0 atom stereocenters. The third-order valence-corrected chi connectivity index (χ3v) is 7.40. The summed E-state index contributed by atoms with van der Waals surface area (Å²) in [6.45, 7) is 3.69.